The van der Waals surface area contributed by atoms with Crippen LogP contribution in [0.5, 0.6) is 0 Å². The van der Waals surface area contributed by atoms with Crippen molar-refractivity contribution in [3.05, 3.63) is 35.0 Å². The summed E-state index contributed by atoms with van der Waals surface area (Å²) in [6, 6.07) is 5.66. The van der Waals surface area contributed by atoms with Crippen molar-refractivity contribution < 1.29 is 9.90 Å². The van der Waals surface area contributed by atoms with Crippen molar-refractivity contribution in [2.75, 3.05) is 12.9 Å². The van der Waals surface area contributed by atoms with Crippen molar-refractivity contribution in [1.82, 2.24) is 10.3 Å². The zero-order valence-electron chi connectivity index (χ0n) is 12.9. The molecule has 114 valence electrons. The molecule has 3 N–H and O–H groups in total. The summed E-state index contributed by atoms with van der Waals surface area (Å²) in [6.45, 7) is 6.03. The molecule has 0 aliphatic rings. The zero-order valence-corrected chi connectivity index (χ0v) is 13.7. The first-order valence-corrected chi connectivity index (χ1v) is 8.30. The second-order valence-corrected chi connectivity index (χ2v) is 6.40. The smallest absolute Gasteiger partial charge is 0.253 e. The lowest BCUT2D eigenvalue weighted by atomic mass is 10.1. The Labute approximate surface area is 129 Å². The van der Waals surface area contributed by atoms with E-state index in [4.69, 9.17) is 0 Å². The summed E-state index contributed by atoms with van der Waals surface area (Å²) >= 11 is 1.55. The maximum atomic E-state index is 12.5. The number of benzene rings is 1. The van der Waals surface area contributed by atoms with E-state index in [9.17, 15) is 9.90 Å². The lowest BCUT2D eigenvalue weighted by Crippen LogP contribution is -2.41. The third kappa shape index (κ3) is 3.09. The summed E-state index contributed by atoms with van der Waals surface area (Å²) in [4.78, 5) is 15.8. The van der Waals surface area contributed by atoms with Crippen LogP contribution in [0, 0.1) is 13.8 Å². The Bertz CT molecular complexity index is 647. The number of hydrogen-bond acceptors (Lipinski definition) is 3. The number of thioether (sulfide) groups is 1. The molecule has 0 radical (unpaired) electrons. The van der Waals surface area contributed by atoms with Crippen LogP contribution in [0.15, 0.2) is 18.2 Å². The fraction of sp³-hybridized carbons (Fsp3) is 0.438. The SMILES string of the molecule is CSC(CO)C(C)NC(=O)c1cccc2c(C)c(C)[nH]c12. The molecule has 1 aromatic heterocycles. The number of rotatable bonds is 5. The number of nitrogens with one attached hydrogen (secondary N) is 2. The number of aromatic nitrogens is 1. The molecule has 0 fully saturated rings. The molecule has 1 amide bonds. The number of carbonyl (C=O) groups is 1. The van der Waals surface area contributed by atoms with Gasteiger partial charge in [0.1, 0.15) is 0 Å². The largest absolute Gasteiger partial charge is 0.395 e. The molecule has 0 bridgehead atoms. The lowest BCUT2D eigenvalue weighted by Gasteiger charge is -2.21. The number of carbonyl (C=O) groups excluding carboxylic acids is 1. The van der Waals surface area contributed by atoms with Gasteiger partial charge in [-0.05, 0) is 38.7 Å². The second kappa shape index (κ2) is 6.54. The minimum Gasteiger partial charge on any atom is -0.395 e. The van der Waals surface area contributed by atoms with Crippen LogP contribution in [-0.4, -0.2) is 40.2 Å². The van der Waals surface area contributed by atoms with Crippen molar-refractivity contribution in [1.29, 1.82) is 0 Å². The monoisotopic (exact) mass is 306 g/mol. The van der Waals surface area contributed by atoms with E-state index in [1.165, 1.54) is 5.56 Å². The second-order valence-electron chi connectivity index (χ2n) is 5.32. The fourth-order valence-electron chi connectivity index (χ4n) is 2.49. The Balaban J connectivity index is 2.30. The molecule has 2 rings (SSSR count). The van der Waals surface area contributed by atoms with Crippen LogP contribution >= 0.6 is 11.8 Å². The summed E-state index contributed by atoms with van der Waals surface area (Å²) in [5.74, 6) is -0.109. The maximum Gasteiger partial charge on any atom is 0.253 e. The summed E-state index contributed by atoms with van der Waals surface area (Å²) in [5.41, 5.74) is 3.77. The number of aliphatic hydroxyl groups excluding tert-OH is 1. The molecule has 2 unspecified atom stereocenters. The van der Waals surface area contributed by atoms with Gasteiger partial charge in [-0.3, -0.25) is 4.79 Å². The fourth-order valence-corrected chi connectivity index (χ4v) is 3.11. The van der Waals surface area contributed by atoms with Gasteiger partial charge in [0.15, 0.2) is 0 Å². The van der Waals surface area contributed by atoms with Crippen molar-refractivity contribution in [2.24, 2.45) is 0 Å². The van der Waals surface area contributed by atoms with Gasteiger partial charge in [-0.2, -0.15) is 11.8 Å². The third-order valence-electron chi connectivity index (χ3n) is 3.99. The van der Waals surface area contributed by atoms with Crippen LogP contribution in [0.3, 0.4) is 0 Å². The predicted molar refractivity (Wildman–Crippen MR) is 89.1 cm³/mol. The van der Waals surface area contributed by atoms with Crippen molar-refractivity contribution in [3.8, 4) is 0 Å². The Kier molecular flexibility index (Phi) is 4.96. The topological polar surface area (TPSA) is 65.1 Å². The maximum absolute atomic E-state index is 12.5. The van der Waals surface area contributed by atoms with Gasteiger partial charge in [0.2, 0.25) is 0 Å². The van der Waals surface area contributed by atoms with Gasteiger partial charge in [-0.1, -0.05) is 12.1 Å². The Morgan fingerprint density at radius 3 is 2.76 bits per heavy atom. The van der Waals surface area contributed by atoms with Gasteiger partial charge < -0.3 is 15.4 Å². The molecule has 21 heavy (non-hydrogen) atoms. The lowest BCUT2D eigenvalue weighted by molar-refractivity contribution is 0.0937. The Hall–Kier alpha value is -1.46. The number of hydrogen-bond donors (Lipinski definition) is 3. The standard InChI is InChI=1S/C16H22N2O2S/c1-9-10(2)17-15-12(9)6-5-7-13(15)16(20)18-11(3)14(8-19)21-4/h5-7,11,14,17,19H,8H2,1-4H3,(H,18,20). The minimum absolute atomic E-state index is 0.000247. The van der Waals surface area contributed by atoms with Crippen LogP contribution in [0.4, 0.5) is 0 Å². The van der Waals surface area contributed by atoms with E-state index in [1.54, 1.807) is 11.8 Å². The van der Waals surface area contributed by atoms with E-state index in [2.05, 4.69) is 10.3 Å². The average molecular weight is 306 g/mol. The molecular weight excluding hydrogens is 284 g/mol. The molecule has 1 heterocycles. The Morgan fingerprint density at radius 1 is 1.43 bits per heavy atom. The highest BCUT2D eigenvalue weighted by Crippen LogP contribution is 2.24. The molecule has 1 aromatic carbocycles. The van der Waals surface area contributed by atoms with Crippen LogP contribution < -0.4 is 5.32 Å². The van der Waals surface area contributed by atoms with Gasteiger partial charge in [0.05, 0.1) is 17.7 Å². The molecular formula is C16H22N2O2S. The number of para-hydroxylation sites is 1. The summed E-state index contributed by atoms with van der Waals surface area (Å²) in [7, 11) is 0. The highest BCUT2D eigenvalue weighted by Gasteiger charge is 2.20. The molecule has 2 atom stereocenters. The molecule has 0 spiro atoms. The average Bonchev–Trinajstić information content (AvgIpc) is 2.75. The summed E-state index contributed by atoms with van der Waals surface area (Å²) < 4.78 is 0. The number of H-pyrrole nitrogens is 1. The van der Waals surface area contributed by atoms with Gasteiger partial charge in [-0.15, -0.1) is 0 Å². The number of aromatic amines is 1. The summed E-state index contributed by atoms with van der Waals surface area (Å²) in [6.07, 6.45) is 1.93. The number of fused-ring (bicyclic) bond motifs is 1. The molecule has 2 aromatic rings. The Morgan fingerprint density at radius 2 is 2.14 bits per heavy atom. The summed E-state index contributed by atoms with van der Waals surface area (Å²) in [5, 5.41) is 13.4. The first-order valence-electron chi connectivity index (χ1n) is 7.02. The quantitative estimate of drug-likeness (QED) is 0.795. The number of aryl methyl sites for hydroxylation is 2. The van der Waals surface area contributed by atoms with Gasteiger partial charge in [0, 0.05) is 22.4 Å². The third-order valence-corrected chi connectivity index (χ3v) is 5.15. The number of amides is 1. The van der Waals surface area contributed by atoms with Crippen LogP contribution in [0.25, 0.3) is 10.9 Å². The van der Waals surface area contributed by atoms with Crippen molar-refractivity contribution >= 4 is 28.6 Å². The first kappa shape index (κ1) is 15.9. The highest BCUT2D eigenvalue weighted by molar-refractivity contribution is 7.99. The van der Waals surface area contributed by atoms with Crippen molar-refractivity contribution in [3.63, 3.8) is 0 Å². The van der Waals surface area contributed by atoms with E-state index in [0.717, 1.165) is 16.6 Å². The van der Waals surface area contributed by atoms with Crippen molar-refractivity contribution in [2.45, 2.75) is 32.1 Å². The van der Waals surface area contributed by atoms with Crippen LogP contribution in [0.2, 0.25) is 0 Å². The molecule has 0 saturated carbocycles. The van der Waals surface area contributed by atoms with Gasteiger partial charge >= 0.3 is 0 Å². The molecule has 0 saturated heterocycles. The predicted octanol–water partition coefficient (Wildman–Crippen LogP) is 2.63. The normalized spacial score (nSPS) is 14.1. The van der Waals surface area contributed by atoms with Gasteiger partial charge in [-0.25, -0.2) is 0 Å². The van der Waals surface area contributed by atoms with E-state index in [-0.39, 0.29) is 23.8 Å². The van der Waals surface area contributed by atoms with E-state index >= 15 is 0 Å². The molecule has 5 heteroatoms. The van der Waals surface area contributed by atoms with Gasteiger partial charge in [0.25, 0.3) is 5.91 Å². The molecule has 0 aliphatic carbocycles. The van der Waals surface area contributed by atoms with Crippen LogP contribution in [0.1, 0.15) is 28.5 Å². The zero-order chi connectivity index (χ0) is 15.6. The van der Waals surface area contributed by atoms with Crippen LogP contribution in [-0.2, 0) is 0 Å². The highest BCUT2D eigenvalue weighted by atomic mass is 32.2. The first-order chi connectivity index (χ1) is 9.99. The number of aliphatic hydroxyl groups is 1. The van der Waals surface area contributed by atoms with E-state index in [0.29, 0.717) is 5.56 Å². The minimum atomic E-state index is -0.109. The van der Waals surface area contributed by atoms with E-state index in [1.807, 2.05) is 45.2 Å². The molecule has 0 aliphatic heterocycles. The van der Waals surface area contributed by atoms with E-state index < -0.39 is 0 Å². The molecule has 4 nitrogen and oxygen atoms in total.